The maximum absolute atomic E-state index is 12.4. The van der Waals surface area contributed by atoms with Crippen molar-refractivity contribution in [2.45, 2.75) is 17.8 Å². The van der Waals surface area contributed by atoms with E-state index < -0.39 is 31.1 Å². The highest BCUT2D eigenvalue weighted by molar-refractivity contribution is 8.00. The van der Waals surface area contributed by atoms with Gasteiger partial charge in [-0.05, 0) is 0 Å². The average Bonchev–Trinajstić information content (AvgIpc) is 2.36. The van der Waals surface area contributed by atoms with E-state index in [1.807, 2.05) is 0 Å². The second-order valence-electron chi connectivity index (χ2n) is 5.42. The molecule has 2 saturated heterocycles. The lowest BCUT2D eigenvalue weighted by atomic mass is 10.2. The first-order valence-corrected chi connectivity index (χ1v) is 11.6. The van der Waals surface area contributed by atoms with E-state index in [4.69, 9.17) is 0 Å². The lowest BCUT2D eigenvalue weighted by molar-refractivity contribution is -0.132. The van der Waals surface area contributed by atoms with Gasteiger partial charge >= 0.3 is 0 Å². The van der Waals surface area contributed by atoms with E-state index in [1.54, 1.807) is 0 Å². The van der Waals surface area contributed by atoms with Crippen molar-refractivity contribution in [1.29, 1.82) is 0 Å². The van der Waals surface area contributed by atoms with Crippen molar-refractivity contribution in [2.75, 3.05) is 42.4 Å². The predicted octanol–water partition coefficient (Wildman–Crippen LogP) is -1.29. The molecular formula is C11H20N2O5S3. The van der Waals surface area contributed by atoms with Crippen LogP contribution in [-0.2, 0) is 24.5 Å². The summed E-state index contributed by atoms with van der Waals surface area (Å²) in [5.74, 6) is 0.810. The van der Waals surface area contributed by atoms with Crippen LogP contribution in [0.4, 0.5) is 0 Å². The topological polar surface area (TPSA) is 101 Å². The van der Waals surface area contributed by atoms with E-state index in [0.29, 0.717) is 24.6 Å². The third-order valence-corrected chi connectivity index (χ3v) is 8.00. The van der Waals surface area contributed by atoms with Gasteiger partial charge in [-0.1, -0.05) is 0 Å². The van der Waals surface area contributed by atoms with Crippen LogP contribution >= 0.6 is 11.8 Å². The van der Waals surface area contributed by atoms with Crippen molar-refractivity contribution in [1.82, 2.24) is 10.2 Å². The Kier molecular flexibility index (Phi) is 5.22. The molecule has 2 aliphatic rings. The maximum atomic E-state index is 12.4. The van der Waals surface area contributed by atoms with E-state index in [1.165, 1.54) is 16.7 Å². The van der Waals surface area contributed by atoms with Crippen LogP contribution in [0, 0.1) is 0 Å². The van der Waals surface area contributed by atoms with Crippen LogP contribution in [0.5, 0.6) is 0 Å². The number of hydrogen-bond acceptors (Lipinski definition) is 7. The summed E-state index contributed by atoms with van der Waals surface area (Å²) in [6, 6.07) is -0.425. The van der Waals surface area contributed by atoms with Gasteiger partial charge in [0.05, 0.1) is 11.5 Å². The molecule has 0 radical (unpaired) electrons. The first kappa shape index (κ1) is 17.0. The van der Waals surface area contributed by atoms with Crippen molar-refractivity contribution in [3.63, 3.8) is 0 Å². The Morgan fingerprint density at radius 1 is 1.43 bits per heavy atom. The van der Waals surface area contributed by atoms with Crippen LogP contribution < -0.4 is 5.32 Å². The monoisotopic (exact) mass is 356 g/mol. The summed E-state index contributed by atoms with van der Waals surface area (Å²) in [6.07, 6.45) is 1.16. The second-order valence-corrected chi connectivity index (χ2v) is 11.0. The van der Waals surface area contributed by atoms with Gasteiger partial charge in [0.25, 0.3) is 0 Å². The SMILES string of the molecule is CS(=O)(=O)C1CSCCN1C(=O)CC1CS(=O)(=O)CCN1. The van der Waals surface area contributed by atoms with Gasteiger partial charge in [0, 0.05) is 43.3 Å². The molecule has 2 heterocycles. The lowest BCUT2D eigenvalue weighted by Crippen LogP contribution is -2.53. The van der Waals surface area contributed by atoms with Gasteiger partial charge < -0.3 is 10.2 Å². The van der Waals surface area contributed by atoms with Crippen molar-refractivity contribution in [2.24, 2.45) is 0 Å². The number of carbonyl (C=O) groups excluding carboxylic acids is 1. The summed E-state index contributed by atoms with van der Waals surface area (Å²) in [7, 11) is -6.44. The molecule has 122 valence electrons. The molecule has 2 unspecified atom stereocenters. The third kappa shape index (κ3) is 4.57. The van der Waals surface area contributed by atoms with E-state index in [0.717, 1.165) is 6.26 Å². The van der Waals surface area contributed by atoms with Gasteiger partial charge in [-0.2, -0.15) is 11.8 Å². The minimum absolute atomic E-state index is 0.0237. The molecule has 2 atom stereocenters. The van der Waals surface area contributed by atoms with E-state index in [-0.39, 0.29) is 23.8 Å². The minimum Gasteiger partial charge on any atom is -0.324 e. The number of nitrogens with zero attached hydrogens (tertiary/aromatic N) is 1. The highest BCUT2D eigenvalue weighted by atomic mass is 32.2. The Balaban J connectivity index is 2.04. The Bertz CT molecular complexity index is 601. The molecule has 0 bridgehead atoms. The molecule has 2 aliphatic heterocycles. The molecule has 2 rings (SSSR count). The number of carbonyl (C=O) groups is 1. The number of hydrogen-bond donors (Lipinski definition) is 1. The van der Waals surface area contributed by atoms with Gasteiger partial charge in [0.1, 0.15) is 5.37 Å². The number of amides is 1. The normalized spacial score (nSPS) is 30.0. The van der Waals surface area contributed by atoms with Gasteiger partial charge in [-0.15, -0.1) is 0 Å². The molecular weight excluding hydrogens is 336 g/mol. The Labute approximate surface area is 129 Å². The third-order valence-electron chi connectivity index (χ3n) is 3.62. The van der Waals surface area contributed by atoms with Gasteiger partial charge in [0.2, 0.25) is 5.91 Å². The molecule has 0 saturated carbocycles. The maximum Gasteiger partial charge on any atom is 0.225 e. The summed E-state index contributed by atoms with van der Waals surface area (Å²) in [6.45, 7) is 0.729. The second kappa shape index (κ2) is 6.43. The summed E-state index contributed by atoms with van der Waals surface area (Å²) in [5.41, 5.74) is 0. The van der Waals surface area contributed by atoms with Gasteiger partial charge in [0.15, 0.2) is 19.7 Å². The Hall–Kier alpha value is -0.320. The fraction of sp³-hybridized carbons (Fsp3) is 0.909. The predicted molar refractivity (Wildman–Crippen MR) is 82.7 cm³/mol. The summed E-state index contributed by atoms with van der Waals surface area (Å²) < 4.78 is 46.7. The van der Waals surface area contributed by atoms with Crippen molar-refractivity contribution < 1.29 is 21.6 Å². The largest absolute Gasteiger partial charge is 0.324 e. The summed E-state index contributed by atoms with van der Waals surface area (Å²) >= 11 is 1.51. The standard InChI is InChI=1S/C11H20N2O5S3/c1-20(15,16)11-7-19-4-3-13(11)10(14)6-9-8-21(17,18)5-2-12-9/h9,11-12H,2-8H2,1H3. The molecule has 0 spiro atoms. The zero-order valence-electron chi connectivity index (χ0n) is 11.8. The highest BCUT2D eigenvalue weighted by Crippen LogP contribution is 2.21. The van der Waals surface area contributed by atoms with E-state index in [2.05, 4.69) is 5.32 Å². The molecule has 0 aliphatic carbocycles. The van der Waals surface area contributed by atoms with E-state index in [9.17, 15) is 21.6 Å². The molecule has 2 fully saturated rings. The van der Waals surface area contributed by atoms with E-state index >= 15 is 0 Å². The van der Waals surface area contributed by atoms with Crippen LogP contribution in [-0.4, -0.2) is 81.4 Å². The fourth-order valence-electron chi connectivity index (χ4n) is 2.55. The van der Waals surface area contributed by atoms with Crippen LogP contribution in [0.2, 0.25) is 0 Å². The average molecular weight is 356 g/mol. The number of nitrogens with one attached hydrogen (secondary N) is 1. The van der Waals surface area contributed by atoms with Gasteiger partial charge in [-0.3, -0.25) is 4.79 Å². The Morgan fingerprint density at radius 2 is 2.14 bits per heavy atom. The van der Waals surface area contributed by atoms with Gasteiger partial charge in [-0.25, -0.2) is 16.8 Å². The molecule has 0 aromatic carbocycles. The van der Waals surface area contributed by atoms with Crippen LogP contribution in [0.15, 0.2) is 0 Å². The minimum atomic E-state index is -3.34. The summed E-state index contributed by atoms with van der Waals surface area (Å²) in [5, 5.41) is 2.22. The molecule has 21 heavy (non-hydrogen) atoms. The van der Waals surface area contributed by atoms with Crippen molar-refractivity contribution >= 4 is 37.3 Å². The zero-order valence-corrected chi connectivity index (χ0v) is 14.3. The van der Waals surface area contributed by atoms with Crippen molar-refractivity contribution in [3.05, 3.63) is 0 Å². The first-order chi connectivity index (χ1) is 9.69. The molecule has 1 amide bonds. The van der Waals surface area contributed by atoms with Crippen LogP contribution in [0.25, 0.3) is 0 Å². The quantitative estimate of drug-likeness (QED) is 0.671. The van der Waals surface area contributed by atoms with Crippen LogP contribution in [0.3, 0.4) is 0 Å². The summed E-state index contributed by atoms with van der Waals surface area (Å²) in [4.78, 5) is 13.7. The van der Waals surface area contributed by atoms with Crippen molar-refractivity contribution in [3.8, 4) is 0 Å². The van der Waals surface area contributed by atoms with Crippen LogP contribution in [0.1, 0.15) is 6.42 Å². The molecule has 7 nitrogen and oxygen atoms in total. The number of rotatable bonds is 3. The molecule has 0 aromatic rings. The first-order valence-electron chi connectivity index (χ1n) is 6.69. The lowest BCUT2D eigenvalue weighted by Gasteiger charge is -2.35. The highest BCUT2D eigenvalue weighted by Gasteiger charge is 2.36. The molecule has 10 heteroatoms. The number of thioether (sulfide) groups is 1. The number of sulfone groups is 2. The Morgan fingerprint density at radius 3 is 2.76 bits per heavy atom. The molecule has 0 aromatic heterocycles. The zero-order chi connectivity index (χ0) is 15.7. The fourth-order valence-corrected chi connectivity index (χ4v) is 6.83. The smallest absolute Gasteiger partial charge is 0.225 e. The molecule has 1 N–H and O–H groups in total.